The predicted octanol–water partition coefficient (Wildman–Crippen LogP) is 3.55. The SMILES string of the molecule is CCCCc1ccc(-n2nnnc2SCc2cccc(S(=O)(=O)N(C)C)c2)cc1. The Bertz CT molecular complexity index is 1050. The van der Waals surface area contributed by atoms with Crippen LogP contribution in [-0.4, -0.2) is 47.0 Å². The maximum absolute atomic E-state index is 12.3. The lowest BCUT2D eigenvalue weighted by molar-refractivity contribution is 0.520. The third-order valence-corrected chi connectivity index (χ3v) is 7.29. The van der Waals surface area contributed by atoms with Gasteiger partial charge in [-0.3, -0.25) is 0 Å². The van der Waals surface area contributed by atoms with Gasteiger partial charge in [0.25, 0.3) is 0 Å². The molecule has 0 saturated heterocycles. The number of nitrogens with zero attached hydrogens (tertiary/aromatic N) is 5. The zero-order chi connectivity index (χ0) is 20.9. The summed E-state index contributed by atoms with van der Waals surface area (Å²) < 4.78 is 27.6. The molecule has 0 aliphatic heterocycles. The molecular weight excluding hydrogens is 406 g/mol. The van der Waals surface area contributed by atoms with Crippen molar-refractivity contribution in [3.63, 3.8) is 0 Å². The molecule has 0 unspecified atom stereocenters. The van der Waals surface area contributed by atoms with Crippen LogP contribution in [0.3, 0.4) is 0 Å². The lowest BCUT2D eigenvalue weighted by atomic mass is 10.1. The third kappa shape index (κ3) is 5.23. The molecule has 3 aromatic rings. The average Bonchev–Trinajstić information content (AvgIpc) is 3.20. The monoisotopic (exact) mass is 431 g/mol. The van der Waals surface area contributed by atoms with E-state index in [0.717, 1.165) is 17.7 Å². The minimum Gasteiger partial charge on any atom is -0.207 e. The summed E-state index contributed by atoms with van der Waals surface area (Å²) in [6.07, 6.45) is 3.42. The normalized spacial score (nSPS) is 11.9. The Morgan fingerprint density at radius 3 is 2.52 bits per heavy atom. The molecule has 2 aromatic carbocycles. The fourth-order valence-electron chi connectivity index (χ4n) is 2.77. The molecule has 0 amide bonds. The maximum atomic E-state index is 12.3. The highest BCUT2D eigenvalue weighted by atomic mass is 32.2. The molecule has 0 N–H and O–H groups in total. The van der Waals surface area contributed by atoms with Gasteiger partial charge in [0, 0.05) is 19.8 Å². The molecule has 1 heterocycles. The molecule has 7 nitrogen and oxygen atoms in total. The molecule has 0 atom stereocenters. The van der Waals surface area contributed by atoms with Crippen molar-refractivity contribution in [3.05, 3.63) is 59.7 Å². The van der Waals surface area contributed by atoms with E-state index in [0.29, 0.717) is 10.9 Å². The minimum absolute atomic E-state index is 0.280. The number of sulfonamides is 1. The summed E-state index contributed by atoms with van der Waals surface area (Å²) in [6.45, 7) is 2.19. The Morgan fingerprint density at radius 2 is 1.83 bits per heavy atom. The molecule has 0 saturated carbocycles. The van der Waals surface area contributed by atoms with Gasteiger partial charge in [-0.2, -0.15) is 4.68 Å². The van der Waals surface area contributed by atoms with Crippen LogP contribution in [0.2, 0.25) is 0 Å². The van der Waals surface area contributed by atoms with E-state index in [9.17, 15) is 8.42 Å². The van der Waals surface area contributed by atoms with Crippen molar-refractivity contribution < 1.29 is 8.42 Å². The van der Waals surface area contributed by atoms with Gasteiger partial charge in [-0.15, -0.1) is 5.10 Å². The maximum Gasteiger partial charge on any atom is 0.242 e. The van der Waals surface area contributed by atoms with Crippen molar-refractivity contribution in [2.45, 2.75) is 42.0 Å². The number of rotatable bonds is 9. The average molecular weight is 432 g/mol. The van der Waals surface area contributed by atoms with Crippen molar-refractivity contribution >= 4 is 21.8 Å². The molecule has 0 fully saturated rings. The molecule has 0 bridgehead atoms. The standard InChI is InChI=1S/C20H25N5O2S2/c1-4-5-7-16-10-12-18(13-11-16)25-20(21-22-23-25)28-15-17-8-6-9-19(14-17)29(26,27)24(2)3/h6,8-14H,4-5,7,15H2,1-3H3. The summed E-state index contributed by atoms with van der Waals surface area (Å²) in [5, 5.41) is 12.7. The van der Waals surface area contributed by atoms with Crippen LogP contribution in [-0.2, 0) is 22.2 Å². The largest absolute Gasteiger partial charge is 0.242 e. The van der Waals surface area contributed by atoms with Crippen molar-refractivity contribution in [1.82, 2.24) is 24.5 Å². The summed E-state index contributed by atoms with van der Waals surface area (Å²) in [6, 6.07) is 15.2. The lowest BCUT2D eigenvalue weighted by Crippen LogP contribution is -2.22. The van der Waals surface area contributed by atoms with Crippen LogP contribution in [0.5, 0.6) is 0 Å². The van der Waals surface area contributed by atoms with Gasteiger partial charge < -0.3 is 0 Å². The molecule has 9 heteroatoms. The zero-order valence-corrected chi connectivity index (χ0v) is 18.4. The van der Waals surface area contributed by atoms with E-state index in [1.807, 2.05) is 18.2 Å². The Kier molecular flexibility index (Phi) is 7.05. The lowest BCUT2D eigenvalue weighted by Gasteiger charge is -2.12. The second-order valence-corrected chi connectivity index (χ2v) is 9.96. The first kappa shape index (κ1) is 21.5. The van der Waals surface area contributed by atoms with Gasteiger partial charge in [-0.1, -0.05) is 49.4 Å². The molecule has 0 aliphatic rings. The minimum atomic E-state index is -3.46. The molecule has 1 aromatic heterocycles. The van der Waals surface area contributed by atoms with Gasteiger partial charge in [0.1, 0.15) is 0 Å². The van der Waals surface area contributed by atoms with Crippen molar-refractivity contribution in [1.29, 1.82) is 0 Å². The van der Waals surface area contributed by atoms with Crippen LogP contribution in [0, 0.1) is 0 Å². The highest BCUT2D eigenvalue weighted by molar-refractivity contribution is 7.98. The second kappa shape index (κ2) is 9.51. The first-order chi connectivity index (χ1) is 13.9. The Labute approximate surface area is 176 Å². The summed E-state index contributed by atoms with van der Waals surface area (Å²) in [5.74, 6) is 0.561. The van der Waals surface area contributed by atoms with E-state index < -0.39 is 10.0 Å². The van der Waals surface area contributed by atoms with E-state index in [-0.39, 0.29) is 4.90 Å². The topological polar surface area (TPSA) is 81.0 Å². The smallest absolute Gasteiger partial charge is 0.207 e. The van der Waals surface area contributed by atoms with Crippen LogP contribution in [0.25, 0.3) is 5.69 Å². The molecule has 29 heavy (non-hydrogen) atoms. The van der Waals surface area contributed by atoms with E-state index >= 15 is 0 Å². The highest BCUT2D eigenvalue weighted by Gasteiger charge is 2.17. The number of aryl methyl sites for hydroxylation is 1. The zero-order valence-electron chi connectivity index (χ0n) is 16.8. The Morgan fingerprint density at radius 1 is 1.07 bits per heavy atom. The number of hydrogen-bond donors (Lipinski definition) is 0. The summed E-state index contributed by atoms with van der Waals surface area (Å²) in [5.41, 5.74) is 3.10. The highest BCUT2D eigenvalue weighted by Crippen LogP contribution is 2.24. The van der Waals surface area contributed by atoms with Gasteiger partial charge in [-0.05, 0) is 58.7 Å². The second-order valence-electron chi connectivity index (χ2n) is 6.87. The molecule has 154 valence electrons. The third-order valence-electron chi connectivity index (χ3n) is 4.49. The van der Waals surface area contributed by atoms with E-state index in [1.54, 1.807) is 22.9 Å². The number of aromatic nitrogens is 4. The van der Waals surface area contributed by atoms with Crippen LogP contribution in [0.4, 0.5) is 0 Å². The fourth-order valence-corrected chi connectivity index (χ4v) is 4.58. The van der Waals surface area contributed by atoms with Gasteiger partial charge in [0.15, 0.2) is 0 Å². The first-order valence-corrected chi connectivity index (χ1v) is 11.9. The number of benzene rings is 2. The van der Waals surface area contributed by atoms with Gasteiger partial charge in [0.05, 0.1) is 10.6 Å². The number of thioether (sulfide) groups is 1. The molecule has 0 aliphatic carbocycles. The van der Waals surface area contributed by atoms with E-state index in [4.69, 9.17) is 0 Å². The van der Waals surface area contributed by atoms with Crippen LogP contribution in [0.15, 0.2) is 58.6 Å². The van der Waals surface area contributed by atoms with Gasteiger partial charge in [-0.25, -0.2) is 12.7 Å². The molecule has 0 spiro atoms. The summed E-state index contributed by atoms with van der Waals surface area (Å²) in [4.78, 5) is 0.280. The summed E-state index contributed by atoms with van der Waals surface area (Å²) in [7, 11) is -0.403. The summed E-state index contributed by atoms with van der Waals surface area (Å²) >= 11 is 1.47. The van der Waals surface area contributed by atoms with Crippen molar-refractivity contribution in [2.75, 3.05) is 14.1 Å². The molecular formula is C20H25N5O2S2. The van der Waals surface area contributed by atoms with Crippen LogP contribution in [0.1, 0.15) is 30.9 Å². The van der Waals surface area contributed by atoms with Gasteiger partial charge >= 0.3 is 0 Å². The van der Waals surface area contributed by atoms with Crippen LogP contribution < -0.4 is 0 Å². The molecule has 0 radical (unpaired) electrons. The molecule has 3 rings (SSSR count). The number of tetrazole rings is 1. The van der Waals surface area contributed by atoms with Crippen LogP contribution >= 0.6 is 11.8 Å². The Balaban J connectivity index is 1.73. The van der Waals surface area contributed by atoms with E-state index in [2.05, 4.69) is 34.6 Å². The first-order valence-electron chi connectivity index (χ1n) is 9.44. The fraction of sp³-hybridized carbons (Fsp3) is 0.350. The quantitative estimate of drug-likeness (QED) is 0.482. The van der Waals surface area contributed by atoms with E-state index in [1.165, 1.54) is 48.6 Å². The number of unbranched alkanes of at least 4 members (excludes halogenated alkanes) is 1. The van der Waals surface area contributed by atoms with Crippen molar-refractivity contribution in [3.8, 4) is 5.69 Å². The number of hydrogen-bond acceptors (Lipinski definition) is 6. The predicted molar refractivity (Wildman–Crippen MR) is 115 cm³/mol. The Hall–Kier alpha value is -2.23. The van der Waals surface area contributed by atoms with Crippen molar-refractivity contribution in [2.24, 2.45) is 0 Å². The van der Waals surface area contributed by atoms with Gasteiger partial charge in [0.2, 0.25) is 15.2 Å².